The van der Waals surface area contributed by atoms with Gasteiger partial charge in [0.1, 0.15) is 0 Å². The molecule has 0 fully saturated rings. The maximum Gasteiger partial charge on any atom is 0.303 e. The number of hydrogen-bond donors (Lipinski definition) is 4. The Morgan fingerprint density at radius 2 is 2.10 bits per heavy atom. The first-order valence-electron chi connectivity index (χ1n) is 6.51. The van der Waals surface area contributed by atoms with Crippen LogP contribution in [-0.2, 0) is 16.0 Å². The van der Waals surface area contributed by atoms with E-state index in [1.807, 2.05) is 18.2 Å². The summed E-state index contributed by atoms with van der Waals surface area (Å²) < 4.78 is 0. The molecule has 1 aromatic carbocycles. The van der Waals surface area contributed by atoms with Crippen molar-refractivity contribution in [3.8, 4) is 0 Å². The van der Waals surface area contributed by atoms with E-state index in [0.717, 1.165) is 12.0 Å². The van der Waals surface area contributed by atoms with E-state index >= 15 is 0 Å². The number of aliphatic carboxylic acids is 1. The first-order valence-corrected chi connectivity index (χ1v) is 6.51. The van der Waals surface area contributed by atoms with E-state index in [4.69, 9.17) is 15.9 Å². The standard InChI is InChI=1S/C14H20N2O4/c15-12(6-7-13(18)19)14(20)16-11-5-1-3-10(9-11)4-2-8-17/h1,3,5,9,12,17H,2,4,6-8,15H2,(H,16,20)(H,18,19). The summed E-state index contributed by atoms with van der Waals surface area (Å²) in [6.07, 6.45) is 1.36. The molecule has 0 aliphatic carbocycles. The summed E-state index contributed by atoms with van der Waals surface area (Å²) in [7, 11) is 0. The van der Waals surface area contributed by atoms with Gasteiger partial charge in [-0.05, 0) is 37.0 Å². The first-order chi connectivity index (χ1) is 9.52. The van der Waals surface area contributed by atoms with E-state index < -0.39 is 17.9 Å². The Morgan fingerprint density at radius 1 is 1.35 bits per heavy atom. The lowest BCUT2D eigenvalue weighted by atomic mass is 10.1. The van der Waals surface area contributed by atoms with Crippen LogP contribution in [0.15, 0.2) is 24.3 Å². The third-order valence-electron chi connectivity index (χ3n) is 2.82. The number of nitrogens with two attached hydrogens (primary N) is 1. The largest absolute Gasteiger partial charge is 0.481 e. The maximum atomic E-state index is 11.8. The minimum absolute atomic E-state index is 0.103. The molecule has 0 heterocycles. The van der Waals surface area contributed by atoms with Crippen molar-refractivity contribution in [3.63, 3.8) is 0 Å². The molecule has 0 aromatic heterocycles. The predicted molar refractivity (Wildman–Crippen MR) is 75.3 cm³/mol. The number of carbonyl (C=O) groups is 2. The van der Waals surface area contributed by atoms with Gasteiger partial charge in [0, 0.05) is 18.7 Å². The van der Waals surface area contributed by atoms with Crippen molar-refractivity contribution in [1.82, 2.24) is 0 Å². The molecule has 6 heteroatoms. The van der Waals surface area contributed by atoms with Crippen LogP contribution in [0, 0.1) is 0 Å². The summed E-state index contributed by atoms with van der Waals surface area (Å²) in [5, 5.41) is 20.0. The van der Waals surface area contributed by atoms with Crippen molar-refractivity contribution in [2.24, 2.45) is 5.73 Å². The zero-order chi connectivity index (χ0) is 15.0. The second kappa shape index (κ2) is 8.29. The van der Waals surface area contributed by atoms with Gasteiger partial charge in [-0.2, -0.15) is 0 Å². The van der Waals surface area contributed by atoms with E-state index in [9.17, 15) is 9.59 Å². The van der Waals surface area contributed by atoms with Gasteiger partial charge in [0.15, 0.2) is 0 Å². The number of carboxylic acids is 1. The van der Waals surface area contributed by atoms with Gasteiger partial charge in [-0.1, -0.05) is 12.1 Å². The van der Waals surface area contributed by atoms with Gasteiger partial charge in [-0.15, -0.1) is 0 Å². The number of hydrogen-bond acceptors (Lipinski definition) is 4. The summed E-state index contributed by atoms with van der Waals surface area (Å²) in [6, 6.07) is 6.44. The monoisotopic (exact) mass is 280 g/mol. The molecule has 0 saturated heterocycles. The van der Waals surface area contributed by atoms with E-state index in [1.165, 1.54) is 0 Å². The molecule has 0 radical (unpaired) electrons. The second-order valence-electron chi connectivity index (χ2n) is 4.56. The van der Waals surface area contributed by atoms with E-state index in [1.54, 1.807) is 6.07 Å². The van der Waals surface area contributed by atoms with Gasteiger partial charge < -0.3 is 21.3 Å². The third kappa shape index (κ3) is 5.81. The fraction of sp³-hybridized carbons (Fsp3) is 0.429. The number of aliphatic hydroxyl groups excluding tert-OH is 1. The normalized spacial score (nSPS) is 11.9. The number of benzene rings is 1. The molecule has 1 atom stereocenters. The number of carbonyl (C=O) groups excluding carboxylic acids is 1. The number of aliphatic hydroxyl groups is 1. The minimum atomic E-state index is -0.973. The highest BCUT2D eigenvalue weighted by atomic mass is 16.4. The fourth-order valence-corrected chi connectivity index (χ4v) is 1.73. The van der Waals surface area contributed by atoms with E-state index in [2.05, 4.69) is 5.32 Å². The fourth-order valence-electron chi connectivity index (χ4n) is 1.73. The molecule has 20 heavy (non-hydrogen) atoms. The lowest BCUT2D eigenvalue weighted by Gasteiger charge is -2.12. The molecular weight excluding hydrogens is 260 g/mol. The number of anilines is 1. The van der Waals surface area contributed by atoms with Crippen molar-refractivity contribution >= 4 is 17.6 Å². The topological polar surface area (TPSA) is 113 Å². The van der Waals surface area contributed by atoms with Gasteiger partial charge in [-0.3, -0.25) is 9.59 Å². The second-order valence-corrected chi connectivity index (χ2v) is 4.56. The van der Waals surface area contributed by atoms with Gasteiger partial charge in [-0.25, -0.2) is 0 Å². The number of amides is 1. The Bertz CT molecular complexity index is 462. The molecule has 110 valence electrons. The zero-order valence-electron chi connectivity index (χ0n) is 11.2. The SMILES string of the molecule is NC(CCC(=O)O)C(=O)Nc1cccc(CCCO)c1. The minimum Gasteiger partial charge on any atom is -0.481 e. The highest BCUT2D eigenvalue weighted by Gasteiger charge is 2.15. The van der Waals surface area contributed by atoms with Crippen molar-refractivity contribution in [2.75, 3.05) is 11.9 Å². The van der Waals surface area contributed by atoms with Gasteiger partial charge >= 0.3 is 5.97 Å². The van der Waals surface area contributed by atoms with Crippen LogP contribution in [-0.4, -0.2) is 34.7 Å². The molecule has 0 bridgehead atoms. The predicted octanol–water partition coefficient (Wildman–Crippen LogP) is 0.742. The molecule has 0 spiro atoms. The smallest absolute Gasteiger partial charge is 0.303 e. The van der Waals surface area contributed by atoms with Gasteiger partial charge in [0.05, 0.1) is 6.04 Å². The molecule has 0 saturated carbocycles. The van der Waals surface area contributed by atoms with Crippen LogP contribution in [0.25, 0.3) is 0 Å². The highest BCUT2D eigenvalue weighted by Crippen LogP contribution is 2.13. The molecule has 0 aliphatic heterocycles. The molecule has 1 rings (SSSR count). The quantitative estimate of drug-likeness (QED) is 0.561. The molecule has 6 nitrogen and oxygen atoms in total. The lowest BCUT2D eigenvalue weighted by Crippen LogP contribution is -2.36. The van der Waals surface area contributed by atoms with Crippen LogP contribution >= 0.6 is 0 Å². The van der Waals surface area contributed by atoms with Crippen molar-refractivity contribution < 1.29 is 19.8 Å². The highest BCUT2D eigenvalue weighted by molar-refractivity contribution is 5.94. The van der Waals surface area contributed by atoms with Crippen LogP contribution < -0.4 is 11.1 Å². The van der Waals surface area contributed by atoms with Gasteiger partial charge in [0.2, 0.25) is 5.91 Å². The Kier molecular flexibility index (Phi) is 6.69. The number of nitrogens with one attached hydrogen (secondary N) is 1. The van der Waals surface area contributed by atoms with E-state index in [-0.39, 0.29) is 19.4 Å². The summed E-state index contributed by atoms with van der Waals surface area (Å²) in [6.45, 7) is 0.122. The molecule has 1 amide bonds. The van der Waals surface area contributed by atoms with E-state index in [0.29, 0.717) is 12.1 Å². The average Bonchev–Trinajstić information content (AvgIpc) is 2.42. The van der Waals surface area contributed by atoms with Crippen LogP contribution in [0.2, 0.25) is 0 Å². The average molecular weight is 280 g/mol. The lowest BCUT2D eigenvalue weighted by molar-refractivity contribution is -0.137. The molecular formula is C14H20N2O4. The van der Waals surface area contributed by atoms with Crippen molar-refractivity contribution in [3.05, 3.63) is 29.8 Å². The number of carboxylic acid groups (broad SMARTS) is 1. The summed E-state index contributed by atoms with van der Waals surface area (Å²) in [5.41, 5.74) is 7.25. The summed E-state index contributed by atoms with van der Waals surface area (Å²) >= 11 is 0. The van der Waals surface area contributed by atoms with Crippen molar-refractivity contribution in [1.29, 1.82) is 0 Å². The summed E-state index contributed by atoms with van der Waals surface area (Å²) in [5.74, 6) is -1.37. The number of aryl methyl sites for hydroxylation is 1. The van der Waals surface area contributed by atoms with Crippen LogP contribution in [0.1, 0.15) is 24.8 Å². The van der Waals surface area contributed by atoms with Crippen molar-refractivity contribution in [2.45, 2.75) is 31.7 Å². The van der Waals surface area contributed by atoms with Crippen LogP contribution in [0.3, 0.4) is 0 Å². The first kappa shape index (κ1) is 16.1. The van der Waals surface area contributed by atoms with Crippen LogP contribution in [0.4, 0.5) is 5.69 Å². The maximum absolute atomic E-state index is 11.8. The Morgan fingerprint density at radius 3 is 2.75 bits per heavy atom. The molecule has 1 aromatic rings. The number of rotatable bonds is 8. The molecule has 5 N–H and O–H groups in total. The van der Waals surface area contributed by atoms with Crippen LogP contribution in [0.5, 0.6) is 0 Å². The van der Waals surface area contributed by atoms with Gasteiger partial charge in [0.25, 0.3) is 0 Å². The Labute approximate surface area is 117 Å². The Balaban J connectivity index is 2.54. The third-order valence-corrected chi connectivity index (χ3v) is 2.82. The Hall–Kier alpha value is -1.92. The summed E-state index contributed by atoms with van der Waals surface area (Å²) in [4.78, 5) is 22.2. The molecule has 0 aliphatic rings. The zero-order valence-corrected chi connectivity index (χ0v) is 11.2. The molecule has 1 unspecified atom stereocenters.